The first kappa shape index (κ1) is 22.6. The van der Waals surface area contributed by atoms with Crippen molar-refractivity contribution in [2.75, 3.05) is 24.0 Å². The maximum absolute atomic E-state index is 13.2. The van der Waals surface area contributed by atoms with Crippen LogP contribution < -0.4 is 14.4 Å². The number of hydrogen-bond donors (Lipinski definition) is 1. The molecule has 0 radical (unpaired) electrons. The van der Waals surface area contributed by atoms with Crippen LogP contribution >= 0.6 is 11.6 Å². The average molecular weight is 463 g/mol. The van der Waals surface area contributed by atoms with E-state index in [1.54, 1.807) is 30.3 Å². The normalized spacial score (nSPS) is 11.0. The van der Waals surface area contributed by atoms with Crippen LogP contribution in [0.3, 0.4) is 0 Å². The largest absolute Gasteiger partial charge is 0.492 e. The van der Waals surface area contributed by atoms with E-state index in [0.29, 0.717) is 16.5 Å². The number of carbonyl (C=O) groups excluding carboxylic acids is 1. The second kappa shape index (κ2) is 10.3. The number of sulfonamides is 1. The lowest BCUT2D eigenvalue weighted by molar-refractivity contribution is -0.119. The van der Waals surface area contributed by atoms with Gasteiger partial charge in [0.1, 0.15) is 24.7 Å². The molecule has 0 unspecified atom stereocenters. The molecule has 0 saturated carbocycles. The average Bonchev–Trinajstić information content (AvgIpc) is 2.77. The molecule has 0 bridgehead atoms. The second-order valence-electron chi connectivity index (χ2n) is 6.45. The molecule has 9 heteroatoms. The van der Waals surface area contributed by atoms with Gasteiger partial charge in [0.2, 0.25) is 5.91 Å². The van der Waals surface area contributed by atoms with E-state index in [0.717, 1.165) is 4.31 Å². The van der Waals surface area contributed by atoms with E-state index in [9.17, 15) is 17.6 Å². The first-order chi connectivity index (χ1) is 14.9. The maximum Gasteiger partial charge on any atom is 0.264 e. The molecule has 0 aromatic heterocycles. The van der Waals surface area contributed by atoms with Gasteiger partial charge in [0.05, 0.1) is 17.1 Å². The lowest BCUT2D eigenvalue weighted by atomic mass is 10.3. The molecule has 3 aromatic carbocycles. The first-order valence-corrected chi connectivity index (χ1v) is 11.2. The van der Waals surface area contributed by atoms with Crippen LogP contribution in [0.25, 0.3) is 0 Å². The predicted octanol–water partition coefficient (Wildman–Crippen LogP) is 3.87. The van der Waals surface area contributed by atoms with Gasteiger partial charge in [-0.05, 0) is 60.7 Å². The third-order valence-electron chi connectivity index (χ3n) is 4.24. The number of amides is 1. The van der Waals surface area contributed by atoms with Crippen LogP contribution in [-0.2, 0) is 14.8 Å². The molecule has 3 aromatic rings. The van der Waals surface area contributed by atoms with E-state index in [2.05, 4.69) is 5.32 Å². The van der Waals surface area contributed by atoms with Gasteiger partial charge in [-0.15, -0.1) is 0 Å². The van der Waals surface area contributed by atoms with Crippen LogP contribution in [-0.4, -0.2) is 34.0 Å². The Kier molecular flexibility index (Phi) is 7.49. The Labute approximate surface area is 185 Å². The first-order valence-electron chi connectivity index (χ1n) is 9.35. The lowest BCUT2D eigenvalue weighted by Gasteiger charge is -2.24. The number of anilines is 1. The highest BCUT2D eigenvalue weighted by atomic mass is 35.5. The monoisotopic (exact) mass is 462 g/mol. The number of carbonyl (C=O) groups is 1. The summed E-state index contributed by atoms with van der Waals surface area (Å²) < 4.78 is 45.7. The van der Waals surface area contributed by atoms with Crippen molar-refractivity contribution in [2.24, 2.45) is 0 Å². The third-order valence-corrected chi connectivity index (χ3v) is 6.28. The highest BCUT2D eigenvalue weighted by Crippen LogP contribution is 2.24. The van der Waals surface area contributed by atoms with Crippen LogP contribution in [0.1, 0.15) is 0 Å². The molecule has 3 rings (SSSR count). The molecule has 1 N–H and O–H groups in total. The zero-order valence-corrected chi connectivity index (χ0v) is 17.9. The van der Waals surface area contributed by atoms with Crippen LogP contribution in [0, 0.1) is 5.82 Å². The fourth-order valence-electron chi connectivity index (χ4n) is 2.72. The zero-order chi connectivity index (χ0) is 22.3. The summed E-state index contributed by atoms with van der Waals surface area (Å²) in [6.07, 6.45) is 0. The molecule has 162 valence electrons. The molecule has 0 atom stereocenters. The minimum atomic E-state index is -4.00. The molecule has 0 spiro atoms. The molecular formula is C22H20ClFN2O4S. The molecule has 1 amide bonds. The molecule has 0 aliphatic rings. The standard InChI is InChI=1S/C22H20ClFN2O4S/c23-17-6-12-21(13-7-17)31(28,29)26(19-4-2-1-3-5-19)16-22(27)25-14-15-30-20-10-8-18(24)9-11-20/h1-13H,14-16H2,(H,25,27). The number of ether oxygens (including phenoxy) is 1. The molecule has 0 aliphatic heterocycles. The van der Waals surface area contributed by atoms with E-state index in [1.807, 2.05) is 0 Å². The van der Waals surface area contributed by atoms with Crippen molar-refractivity contribution in [1.82, 2.24) is 5.32 Å². The highest BCUT2D eigenvalue weighted by Gasteiger charge is 2.27. The maximum atomic E-state index is 13.2. The van der Waals surface area contributed by atoms with Gasteiger partial charge in [0.25, 0.3) is 10.0 Å². The SMILES string of the molecule is O=C(CN(c1ccccc1)S(=O)(=O)c1ccc(Cl)cc1)NCCOc1ccc(F)cc1. The van der Waals surface area contributed by atoms with Gasteiger partial charge in [0, 0.05) is 5.02 Å². The van der Waals surface area contributed by atoms with E-state index in [4.69, 9.17) is 16.3 Å². The summed E-state index contributed by atoms with van der Waals surface area (Å²) in [5.41, 5.74) is 0.357. The molecule has 0 saturated heterocycles. The Morgan fingerprint density at radius 1 is 0.968 bits per heavy atom. The molecular weight excluding hydrogens is 443 g/mol. The smallest absolute Gasteiger partial charge is 0.264 e. The number of halogens is 2. The topological polar surface area (TPSA) is 75.7 Å². The van der Waals surface area contributed by atoms with E-state index < -0.39 is 22.5 Å². The summed E-state index contributed by atoms with van der Waals surface area (Å²) >= 11 is 5.86. The van der Waals surface area contributed by atoms with Gasteiger partial charge in [-0.3, -0.25) is 9.10 Å². The zero-order valence-electron chi connectivity index (χ0n) is 16.4. The van der Waals surface area contributed by atoms with Gasteiger partial charge in [-0.1, -0.05) is 29.8 Å². The summed E-state index contributed by atoms with van der Waals surface area (Å²) in [7, 11) is -4.00. The highest BCUT2D eigenvalue weighted by molar-refractivity contribution is 7.92. The summed E-state index contributed by atoms with van der Waals surface area (Å²) in [6.45, 7) is -0.113. The quantitative estimate of drug-likeness (QED) is 0.490. The van der Waals surface area contributed by atoms with Crippen LogP contribution in [0.5, 0.6) is 5.75 Å². The van der Waals surface area contributed by atoms with Gasteiger partial charge < -0.3 is 10.1 Å². The predicted molar refractivity (Wildman–Crippen MR) is 117 cm³/mol. The number of nitrogens with zero attached hydrogens (tertiary/aromatic N) is 1. The van der Waals surface area contributed by atoms with E-state index >= 15 is 0 Å². The molecule has 0 fully saturated rings. The summed E-state index contributed by atoms with van der Waals surface area (Å²) in [5.74, 6) is -0.403. The van der Waals surface area contributed by atoms with Crippen LogP contribution in [0.4, 0.5) is 10.1 Å². The Hall–Kier alpha value is -3.10. The van der Waals surface area contributed by atoms with Crippen molar-refractivity contribution in [2.45, 2.75) is 4.90 Å². The number of hydrogen-bond acceptors (Lipinski definition) is 4. The number of nitrogens with one attached hydrogen (secondary N) is 1. The molecule has 6 nitrogen and oxygen atoms in total. The lowest BCUT2D eigenvalue weighted by Crippen LogP contribution is -2.41. The van der Waals surface area contributed by atoms with Crippen molar-refractivity contribution in [1.29, 1.82) is 0 Å². The van der Waals surface area contributed by atoms with Gasteiger partial charge in [-0.25, -0.2) is 12.8 Å². The summed E-state index contributed by atoms with van der Waals surface area (Å²) in [6, 6.07) is 19.6. The minimum absolute atomic E-state index is 0.0215. The minimum Gasteiger partial charge on any atom is -0.492 e. The van der Waals surface area contributed by atoms with E-state index in [-0.39, 0.29) is 23.9 Å². The molecule has 0 aliphatic carbocycles. The van der Waals surface area contributed by atoms with Gasteiger partial charge in [0.15, 0.2) is 0 Å². The van der Waals surface area contributed by atoms with Gasteiger partial charge in [-0.2, -0.15) is 0 Å². The van der Waals surface area contributed by atoms with E-state index in [1.165, 1.54) is 48.5 Å². The number of benzene rings is 3. The second-order valence-corrected chi connectivity index (χ2v) is 8.75. The van der Waals surface area contributed by atoms with Crippen molar-refractivity contribution >= 4 is 33.2 Å². The molecule has 0 heterocycles. The third kappa shape index (κ3) is 6.19. The van der Waals surface area contributed by atoms with Crippen LogP contribution in [0.2, 0.25) is 5.02 Å². The summed E-state index contributed by atoms with van der Waals surface area (Å²) in [4.78, 5) is 12.5. The van der Waals surface area contributed by atoms with Crippen molar-refractivity contribution in [3.63, 3.8) is 0 Å². The van der Waals surface area contributed by atoms with Crippen molar-refractivity contribution < 1.29 is 22.3 Å². The molecule has 31 heavy (non-hydrogen) atoms. The van der Waals surface area contributed by atoms with Crippen molar-refractivity contribution in [3.05, 3.63) is 89.7 Å². The fraction of sp³-hybridized carbons (Fsp3) is 0.136. The Balaban J connectivity index is 1.66. The Bertz CT molecular complexity index is 1110. The van der Waals surface area contributed by atoms with Gasteiger partial charge >= 0.3 is 0 Å². The Morgan fingerprint density at radius 2 is 1.61 bits per heavy atom. The van der Waals surface area contributed by atoms with Crippen molar-refractivity contribution in [3.8, 4) is 5.75 Å². The van der Waals surface area contributed by atoms with Crippen LogP contribution in [0.15, 0.2) is 83.8 Å². The fourth-order valence-corrected chi connectivity index (χ4v) is 4.27. The number of para-hydroxylation sites is 1. The number of rotatable bonds is 9. The Morgan fingerprint density at radius 3 is 2.26 bits per heavy atom. The summed E-state index contributed by atoms with van der Waals surface area (Å²) in [5, 5.41) is 3.04.